The van der Waals surface area contributed by atoms with Crippen LogP contribution in [0.1, 0.15) is 37.9 Å². The molecule has 0 atom stereocenters. The number of ether oxygens (including phenoxy) is 1. The van der Waals surface area contributed by atoms with Gasteiger partial charge in [0.05, 0.1) is 28.2 Å². The third-order valence-corrected chi connectivity index (χ3v) is 4.68. The molecular weight excluding hydrogens is 396 g/mol. The van der Waals surface area contributed by atoms with E-state index >= 15 is 0 Å². The quantitative estimate of drug-likeness (QED) is 0.702. The number of hydrogen-bond acceptors (Lipinski definition) is 3. The fourth-order valence-corrected chi connectivity index (χ4v) is 4.15. The van der Waals surface area contributed by atoms with E-state index in [2.05, 4.69) is 64.9 Å². The fraction of sp³-hybridized carbons (Fsp3) is 0.438. The monoisotopic (exact) mass is 414 g/mol. The van der Waals surface area contributed by atoms with Gasteiger partial charge < -0.3 is 10.1 Å². The number of pyridine rings is 1. The van der Waals surface area contributed by atoms with Gasteiger partial charge in [0.25, 0.3) is 0 Å². The summed E-state index contributed by atoms with van der Waals surface area (Å²) in [5, 5.41) is 4.53. The molecule has 5 heteroatoms. The minimum atomic E-state index is 0.387. The van der Waals surface area contributed by atoms with Gasteiger partial charge in [-0.15, -0.1) is 0 Å². The normalized spacial score (nSPS) is 11.2. The number of benzene rings is 1. The highest BCUT2D eigenvalue weighted by Gasteiger charge is 2.21. The number of rotatable bonds is 4. The van der Waals surface area contributed by atoms with Crippen LogP contribution >= 0.6 is 31.9 Å². The summed E-state index contributed by atoms with van der Waals surface area (Å²) in [6, 6.07) is 1.98. The first-order valence-corrected chi connectivity index (χ1v) is 8.60. The molecule has 1 N–H and O–H groups in total. The summed E-state index contributed by atoms with van der Waals surface area (Å²) in [5.74, 6) is 1.21. The van der Waals surface area contributed by atoms with Crippen molar-refractivity contribution in [2.75, 3.05) is 19.0 Å². The summed E-state index contributed by atoms with van der Waals surface area (Å²) in [4.78, 5) is 4.80. The van der Waals surface area contributed by atoms with E-state index in [1.165, 1.54) is 5.56 Å². The number of anilines is 1. The minimum Gasteiger partial charge on any atom is -0.495 e. The lowest BCUT2D eigenvalue weighted by molar-refractivity contribution is 0.417. The molecule has 21 heavy (non-hydrogen) atoms. The number of nitrogens with zero attached hydrogens (tertiary/aromatic N) is 1. The van der Waals surface area contributed by atoms with Crippen molar-refractivity contribution in [3.63, 3.8) is 0 Å². The molecule has 114 valence electrons. The molecule has 0 bridgehead atoms. The molecule has 0 spiro atoms. The van der Waals surface area contributed by atoms with Gasteiger partial charge >= 0.3 is 0 Å². The van der Waals surface area contributed by atoms with Crippen molar-refractivity contribution in [1.29, 1.82) is 0 Å². The lowest BCUT2D eigenvalue weighted by atomic mass is 9.96. The Labute approximate surface area is 142 Å². The van der Waals surface area contributed by atoms with Gasteiger partial charge in [0.2, 0.25) is 0 Å². The summed E-state index contributed by atoms with van der Waals surface area (Å²) in [7, 11) is 1.69. The smallest absolute Gasteiger partial charge is 0.144 e. The molecule has 1 heterocycles. The fourth-order valence-electron chi connectivity index (χ4n) is 2.74. The Hall–Kier alpha value is -0.810. The summed E-state index contributed by atoms with van der Waals surface area (Å²) in [6.07, 6.45) is 0. The first-order valence-electron chi connectivity index (χ1n) is 7.02. The van der Waals surface area contributed by atoms with Crippen LogP contribution in [0.25, 0.3) is 10.9 Å². The van der Waals surface area contributed by atoms with Crippen molar-refractivity contribution in [3.8, 4) is 5.75 Å². The number of nitrogens with one attached hydrogen (secondary N) is 1. The van der Waals surface area contributed by atoms with Gasteiger partial charge in [-0.2, -0.15) is 0 Å². The maximum Gasteiger partial charge on any atom is 0.144 e. The number of halogens is 2. The lowest BCUT2D eigenvalue weighted by Gasteiger charge is -2.21. The number of aryl methyl sites for hydroxylation is 1. The molecule has 0 saturated heterocycles. The van der Waals surface area contributed by atoms with Gasteiger partial charge in [0.15, 0.2) is 0 Å². The van der Waals surface area contributed by atoms with E-state index in [0.717, 1.165) is 43.5 Å². The predicted octanol–water partition coefficient (Wildman–Crippen LogP) is 5.63. The average Bonchev–Trinajstić information content (AvgIpc) is 2.40. The maximum absolute atomic E-state index is 5.63. The van der Waals surface area contributed by atoms with E-state index < -0.39 is 0 Å². The Morgan fingerprint density at radius 1 is 1.29 bits per heavy atom. The van der Waals surface area contributed by atoms with Gasteiger partial charge in [-0.05, 0) is 63.3 Å². The summed E-state index contributed by atoms with van der Waals surface area (Å²) in [5.41, 5.74) is 4.34. The Balaban J connectivity index is 3.01. The largest absolute Gasteiger partial charge is 0.495 e. The predicted molar refractivity (Wildman–Crippen MR) is 96.7 cm³/mol. The highest BCUT2D eigenvalue weighted by Crippen LogP contribution is 2.44. The third kappa shape index (κ3) is 2.90. The van der Waals surface area contributed by atoms with E-state index in [9.17, 15) is 0 Å². The van der Waals surface area contributed by atoms with Gasteiger partial charge in [0, 0.05) is 16.7 Å². The zero-order chi connectivity index (χ0) is 15.7. The van der Waals surface area contributed by atoms with Gasteiger partial charge in [-0.1, -0.05) is 13.8 Å². The SMILES string of the molecule is CCNc1c(C(C)C)c(C)nc2c(Br)cc(Br)c(OC)c12. The number of fused-ring (bicyclic) bond motifs is 1. The molecule has 2 aromatic rings. The lowest BCUT2D eigenvalue weighted by Crippen LogP contribution is -2.08. The van der Waals surface area contributed by atoms with Crippen LogP contribution in [0, 0.1) is 6.92 Å². The second-order valence-electron chi connectivity index (χ2n) is 5.27. The molecule has 1 aromatic heterocycles. The molecule has 0 aliphatic carbocycles. The van der Waals surface area contributed by atoms with Crippen LogP contribution in [-0.2, 0) is 0 Å². The topological polar surface area (TPSA) is 34.2 Å². The molecule has 0 aliphatic heterocycles. The first kappa shape index (κ1) is 16.6. The Morgan fingerprint density at radius 3 is 2.48 bits per heavy atom. The summed E-state index contributed by atoms with van der Waals surface area (Å²) >= 11 is 7.20. The zero-order valence-corrected chi connectivity index (χ0v) is 16.1. The molecule has 0 saturated carbocycles. The maximum atomic E-state index is 5.63. The van der Waals surface area contributed by atoms with Crippen molar-refractivity contribution in [3.05, 3.63) is 26.3 Å². The Morgan fingerprint density at radius 2 is 1.95 bits per heavy atom. The van der Waals surface area contributed by atoms with Gasteiger partial charge in [-0.25, -0.2) is 0 Å². The third-order valence-electron chi connectivity index (χ3n) is 3.48. The van der Waals surface area contributed by atoms with E-state index in [-0.39, 0.29) is 0 Å². The van der Waals surface area contributed by atoms with Crippen LogP contribution in [0.2, 0.25) is 0 Å². The molecular formula is C16H20Br2N2O. The zero-order valence-electron chi connectivity index (χ0n) is 13.0. The Bertz CT molecular complexity index is 684. The standard InChI is InChI=1S/C16H20Br2N2O/c1-6-19-15-12(8(2)3)9(4)20-14-10(17)7-11(18)16(21-5)13(14)15/h7-8H,6H2,1-5H3,(H,19,20). The van der Waals surface area contributed by atoms with Crippen molar-refractivity contribution in [2.24, 2.45) is 0 Å². The molecule has 0 fully saturated rings. The average molecular weight is 416 g/mol. The second kappa shape index (κ2) is 6.53. The second-order valence-corrected chi connectivity index (χ2v) is 6.98. The van der Waals surface area contributed by atoms with Crippen LogP contribution in [0.3, 0.4) is 0 Å². The van der Waals surface area contributed by atoms with E-state index in [0.29, 0.717) is 5.92 Å². The van der Waals surface area contributed by atoms with E-state index in [1.807, 2.05) is 6.07 Å². The van der Waals surface area contributed by atoms with E-state index in [4.69, 9.17) is 9.72 Å². The van der Waals surface area contributed by atoms with E-state index in [1.54, 1.807) is 7.11 Å². The number of hydrogen-bond donors (Lipinski definition) is 1. The molecule has 0 unspecified atom stereocenters. The molecule has 2 rings (SSSR count). The van der Waals surface area contributed by atoms with Crippen molar-refractivity contribution < 1.29 is 4.74 Å². The highest BCUT2D eigenvalue weighted by molar-refractivity contribution is 9.11. The van der Waals surface area contributed by atoms with Crippen molar-refractivity contribution in [1.82, 2.24) is 4.98 Å². The summed E-state index contributed by atoms with van der Waals surface area (Å²) < 4.78 is 7.51. The summed E-state index contributed by atoms with van der Waals surface area (Å²) in [6.45, 7) is 9.40. The van der Waals surface area contributed by atoms with Gasteiger partial charge in [0.1, 0.15) is 5.75 Å². The number of methoxy groups -OCH3 is 1. The van der Waals surface area contributed by atoms with Crippen LogP contribution in [0.5, 0.6) is 5.75 Å². The van der Waals surface area contributed by atoms with Crippen molar-refractivity contribution in [2.45, 2.75) is 33.6 Å². The van der Waals surface area contributed by atoms with Crippen LogP contribution < -0.4 is 10.1 Å². The molecule has 3 nitrogen and oxygen atoms in total. The van der Waals surface area contributed by atoms with Crippen molar-refractivity contribution >= 4 is 48.5 Å². The van der Waals surface area contributed by atoms with Crippen LogP contribution in [0.15, 0.2) is 15.0 Å². The Kier molecular flexibility index (Phi) is 5.15. The first-order chi connectivity index (χ1) is 9.92. The molecule has 0 radical (unpaired) electrons. The number of aromatic nitrogens is 1. The minimum absolute atomic E-state index is 0.387. The van der Waals surface area contributed by atoms with Crippen LogP contribution in [0.4, 0.5) is 5.69 Å². The highest BCUT2D eigenvalue weighted by atomic mass is 79.9. The molecule has 0 amide bonds. The molecule has 0 aliphatic rings. The molecule has 1 aromatic carbocycles. The van der Waals surface area contributed by atoms with Crippen LogP contribution in [-0.4, -0.2) is 18.6 Å². The van der Waals surface area contributed by atoms with Gasteiger partial charge in [-0.3, -0.25) is 4.98 Å².